The molecule has 2 aromatic heterocycles. The fourth-order valence-electron chi connectivity index (χ4n) is 1.38. The number of pyridine rings is 1. The van der Waals surface area contributed by atoms with Crippen molar-refractivity contribution in [3.8, 4) is 0 Å². The molecule has 0 saturated heterocycles. The van der Waals surface area contributed by atoms with Crippen molar-refractivity contribution in [2.24, 2.45) is 7.05 Å². The van der Waals surface area contributed by atoms with Crippen LogP contribution in [0.4, 0.5) is 0 Å². The first-order valence-corrected chi connectivity index (χ1v) is 5.33. The average Bonchev–Trinajstić information content (AvgIpc) is 2.48. The van der Waals surface area contributed by atoms with Gasteiger partial charge in [-0.1, -0.05) is 6.92 Å². The lowest BCUT2D eigenvalue weighted by Gasteiger charge is -1.98. The van der Waals surface area contributed by atoms with E-state index in [0.29, 0.717) is 0 Å². The van der Waals surface area contributed by atoms with Gasteiger partial charge in [0.15, 0.2) is 0 Å². The van der Waals surface area contributed by atoms with E-state index in [1.165, 1.54) is 10.3 Å². The molecule has 0 aromatic carbocycles. The molecule has 0 bridgehead atoms. The molecule has 0 aliphatic rings. The number of nitrogens with zero attached hydrogens (tertiary/aromatic N) is 2. The molecule has 0 atom stereocenters. The Bertz CT molecular complexity index is 420. The average molecular weight is 192 g/mol. The van der Waals surface area contributed by atoms with Gasteiger partial charge in [-0.05, 0) is 17.9 Å². The van der Waals surface area contributed by atoms with E-state index in [2.05, 4.69) is 24.0 Å². The maximum absolute atomic E-state index is 4.40. The molecule has 0 aliphatic heterocycles. The van der Waals surface area contributed by atoms with E-state index in [4.69, 9.17) is 0 Å². The predicted molar refractivity (Wildman–Crippen MR) is 57.1 cm³/mol. The van der Waals surface area contributed by atoms with Crippen LogP contribution in [-0.2, 0) is 7.05 Å². The summed E-state index contributed by atoms with van der Waals surface area (Å²) in [5, 5.41) is 1.22. The smallest absolute Gasteiger partial charge is 0.139 e. The van der Waals surface area contributed by atoms with Crippen LogP contribution < -0.4 is 0 Å². The van der Waals surface area contributed by atoms with Crippen LogP contribution in [0, 0.1) is 0 Å². The molecule has 0 amide bonds. The maximum atomic E-state index is 4.40. The van der Waals surface area contributed by atoms with Crippen molar-refractivity contribution in [3.63, 3.8) is 0 Å². The van der Waals surface area contributed by atoms with Gasteiger partial charge in [-0.3, -0.25) is 0 Å². The molecule has 0 spiro atoms. The standard InChI is InChI=1S/C10H12N2S/c1-3-13-9-6-8-4-5-12(2)10(8)11-7-9/h4-7H,3H2,1-2H3. The molecule has 0 unspecified atom stereocenters. The fraction of sp³-hybridized carbons (Fsp3) is 0.300. The van der Waals surface area contributed by atoms with E-state index < -0.39 is 0 Å². The summed E-state index contributed by atoms with van der Waals surface area (Å²) in [6.07, 6.45) is 3.98. The molecular weight excluding hydrogens is 180 g/mol. The first-order valence-electron chi connectivity index (χ1n) is 4.35. The van der Waals surface area contributed by atoms with Crippen molar-refractivity contribution < 1.29 is 0 Å². The minimum atomic E-state index is 1.06. The van der Waals surface area contributed by atoms with Gasteiger partial charge in [-0.2, -0.15) is 0 Å². The number of rotatable bonds is 2. The number of hydrogen-bond acceptors (Lipinski definition) is 2. The van der Waals surface area contributed by atoms with Crippen molar-refractivity contribution in [2.45, 2.75) is 11.8 Å². The second-order valence-corrected chi connectivity index (χ2v) is 4.28. The first-order chi connectivity index (χ1) is 6.31. The summed E-state index contributed by atoms with van der Waals surface area (Å²) >= 11 is 1.83. The van der Waals surface area contributed by atoms with Gasteiger partial charge in [0.25, 0.3) is 0 Å². The number of thioether (sulfide) groups is 1. The van der Waals surface area contributed by atoms with Crippen LogP contribution in [0.15, 0.2) is 29.4 Å². The third-order valence-corrected chi connectivity index (χ3v) is 2.84. The van der Waals surface area contributed by atoms with Gasteiger partial charge in [-0.15, -0.1) is 11.8 Å². The summed E-state index contributed by atoms with van der Waals surface area (Å²) < 4.78 is 2.04. The molecule has 0 fully saturated rings. The molecule has 2 aromatic rings. The summed E-state index contributed by atoms with van der Waals surface area (Å²) in [6.45, 7) is 2.15. The Hall–Kier alpha value is -0.960. The van der Waals surface area contributed by atoms with Gasteiger partial charge in [0.1, 0.15) is 5.65 Å². The van der Waals surface area contributed by atoms with Gasteiger partial charge >= 0.3 is 0 Å². The van der Waals surface area contributed by atoms with Crippen LogP contribution in [0.25, 0.3) is 11.0 Å². The zero-order valence-electron chi connectivity index (χ0n) is 7.82. The highest BCUT2D eigenvalue weighted by Gasteiger charge is 2.00. The fourth-order valence-corrected chi connectivity index (χ4v) is 2.05. The van der Waals surface area contributed by atoms with Crippen molar-refractivity contribution in [1.29, 1.82) is 0 Å². The van der Waals surface area contributed by atoms with Gasteiger partial charge < -0.3 is 4.57 Å². The van der Waals surface area contributed by atoms with Crippen molar-refractivity contribution in [3.05, 3.63) is 24.5 Å². The topological polar surface area (TPSA) is 17.8 Å². The third kappa shape index (κ3) is 1.56. The van der Waals surface area contributed by atoms with E-state index in [0.717, 1.165) is 11.4 Å². The van der Waals surface area contributed by atoms with Gasteiger partial charge in [0.2, 0.25) is 0 Å². The Morgan fingerprint density at radius 1 is 1.54 bits per heavy atom. The lowest BCUT2D eigenvalue weighted by molar-refractivity contribution is 0.946. The molecule has 13 heavy (non-hydrogen) atoms. The Labute approximate surface area is 82.0 Å². The highest BCUT2D eigenvalue weighted by Crippen LogP contribution is 2.21. The van der Waals surface area contributed by atoms with Crippen LogP contribution in [0.5, 0.6) is 0 Å². The number of fused-ring (bicyclic) bond motifs is 1. The molecule has 0 N–H and O–H groups in total. The number of hydrogen-bond donors (Lipinski definition) is 0. The minimum absolute atomic E-state index is 1.06. The summed E-state index contributed by atoms with van der Waals surface area (Å²) in [6, 6.07) is 4.29. The molecule has 0 radical (unpaired) electrons. The number of aryl methyl sites for hydroxylation is 1. The molecular formula is C10H12N2S. The zero-order chi connectivity index (χ0) is 9.26. The van der Waals surface area contributed by atoms with Crippen LogP contribution >= 0.6 is 11.8 Å². The normalized spacial score (nSPS) is 10.9. The van der Waals surface area contributed by atoms with Gasteiger partial charge in [-0.25, -0.2) is 4.98 Å². The first kappa shape index (κ1) is 8.63. The van der Waals surface area contributed by atoms with Crippen LogP contribution in [0.2, 0.25) is 0 Å². The summed E-state index contributed by atoms with van der Waals surface area (Å²) in [4.78, 5) is 5.65. The SMILES string of the molecule is CCSc1cnc2c(ccn2C)c1. The Morgan fingerprint density at radius 2 is 2.38 bits per heavy atom. The zero-order valence-corrected chi connectivity index (χ0v) is 8.64. The second kappa shape index (κ2) is 3.42. The van der Waals surface area contributed by atoms with E-state index in [1.54, 1.807) is 0 Å². The molecule has 0 saturated carbocycles. The largest absolute Gasteiger partial charge is 0.336 e. The lowest BCUT2D eigenvalue weighted by Crippen LogP contribution is -1.87. The van der Waals surface area contributed by atoms with Crippen molar-refractivity contribution in [2.75, 3.05) is 5.75 Å². The van der Waals surface area contributed by atoms with Crippen LogP contribution in [-0.4, -0.2) is 15.3 Å². The summed E-state index contributed by atoms with van der Waals surface area (Å²) in [7, 11) is 2.02. The maximum Gasteiger partial charge on any atom is 0.139 e. The Morgan fingerprint density at radius 3 is 3.15 bits per heavy atom. The van der Waals surface area contributed by atoms with Crippen molar-refractivity contribution >= 4 is 22.8 Å². The van der Waals surface area contributed by atoms with Gasteiger partial charge in [0, 0.05) is 29.7 Å². The molecule has 3 heteroatoms. The summed E-state index contributed by atoms with van der Waals surface area (Å²) in [5.74, 6) is 1.10. The van der Waals surface area contributed by atoms with Crippen molar-refractivity contribution in [1.82, 2.24) is 9.55 Å². The highest BCUT2D eigenvalue weighted by atomic mass is 32.2. The summed E-state index contributed by atoms with van der Waals surface area (Å²) in [5.41, 5.74) is 1.06. The monoisotopic (exact) mass is 192 g/mol. The number of aromatic nitrogens is 2. The molecule has 0 aliphatic carbocycles. The quantitative estimate of drug-likeness (QED) is 0.681. The molecule has 68 valence electrons. The second-order valence-electron chi connectivity index (χ2n) is 2.94. The lowest BCUT2D eigenvalue weighted by atomic mass is 10.3. The van der Waals surface area contributed by atoms with E-state index in [-0.39, 0.29) is 0 Å². The minimum Gasteiger partial charge on any atom is -0.336 e. The Kier molecular flexibility index (Phi) is 2.27. The molecule has 2 nitrogen and oxygen atoms in total. The highest BCUT2D eigenvalue weighted by molar-refractivity contribution is 7.99. The van der Waals surface area contributed by atoms with Gasteiger partial charge in [0.05, 0.1) is 0 Å². The molecule has 2 rings (SSSR count). The van der Waals surface area contributed by atoms with E-state index in [9.17, 15) is 0 Å². The van der Waals surface area contributed by atoms with E-state index in [1.807, 2.05) is 35.8 Å². The van der Waals surface area contributed by atoms with Crippen LogP contribution in [0.3, 0.4) is 0 Å². The Balaban J connectivity index is 2.50. The van der Waals surface area contributed by atoms with Crippen LogP contribution in [0.1, 0.15) is 6.92 Å². The predicted octanol–water partition coefficient (Wildman–Crippen LogP) is 2.69. The van der Waals surface area contributed by atoms with E-state index >= 15 is 0 Å². The third-order valence-electron chi connectivity index (χ3n) is 1.99. The molecule has 2 heterocycles.